The lowest BCUT2D eigenvalue weighted by Gasteiger charge is -2.20. The van der Waals surface area contributed by atoms with E-state index in [0.717, 1.165) is 0 Å². The van der Waals surface area contributed by atoms with Crippen LogP contribution in [0.25, 0.3) is 0 Å². The van der Waals surface area contributed by atoms with Crippen molar-refractivity contribution >= 4 is 11.6 Å². The molecule has 1 aromatic carbocycles. The van der Waals surface area contributed by atoms with Crippen LogP contribution in [0.4, 0.5) is 17.6 Å². The molecule has 0 saturated heterocycles. The maximum absolute atomic E-state index is 12.7. The monoisotopic (exact) mass is 226 g/mol. The predicted molar refractivity (Wildman–Crippen MR) is 46.0 cm³/mol. The van der Waals surface area contributed by atoms with Gasteiger partial charge < -0.3 is 0 Å². The topological polar surface area (TPSA) is 0 Å². The van der Waals surface area contributed by atoms with Gasteiger partial charge in [0.1, 0.15) is 5.38 Å². The molecule has 1 rings (SSSR count). The molecular weight excluding hydrogens is 220 g/mol. The van der Waals surface area contributed by atoms with Crippen molar-refractivity contribution < 1.29 is 17.6 Å². The van der Waals surface area contributed by atoms with Gasteiger partial charge in [-0.15, -0.1) is 11.6 Å². The van der Waals surface area contributed by atoms with E-state index in [1.165, 1.54) is 24.3 Å². The minimum absolute atomic E-state index is 0.0144. The molecule has 0 spiro atoms. The summed E-state index contributed by atoms with van der Waals surface area (Å²) in [4.78, 5) is 0. The highest BCUT2D eigenvalue weighted by molar-refractivity contribution is 6.21. The van der Waals surface area contributed by atoms with E-state index in [9.17, 15) is 17.6 Å². The third kappa shape index (κ3) is 2.18. The summed E-state index contributed by atoms with van der Waals surface area (Å²) in [7, 11) is 0. The quantitative estimate of drug-likeness (QED) is 0.542. The molecule has 0 aliphatic rings. The lowest BCUT2D eigenvalue weighted by molar-refractivity contribution is -0.130. The van der Waals surface area contributed by atoms with Crippen molar-refractivity contribution in [3.05, 3.63) is 35.9 Å². The van der Waals surface area contributed by atoms with E-state index in [-0.39, 0.29) is 5.56 Å². The predicted octanol–water partition coefficient (Wildman–Crippen LogP) is 3.87. The Morgan fingerprint density at radius 3 is 2.00 bits per heavy atom. The van der Waals surface area contributed by atoms with Crippen LogP contribution < -0.4 is 0 Å². The first-order valence-corrected chi connectivity index (χ1v) is 4.25. The molecule has 0 N–H and O–H groups in total. The number of benzene rings is 1. The second-order valence-electron chi connectivity index (χ2n) is 2.75. The van der Waals surface area contributed by atoms with Crippen molar-refractivity contribution in [2.24, 2.45) is 0 Å². The summed E-state index contributed by atoms with van der Waals surface area (Å²) < 4.78 is 49.3. The van der Waals surface area contributed by atoms with Crippen molar-refractivity contribution in [3.8, 4) is 0 Å². The van der Waals surface area contributed by atoms with Gasteiger partial charge in [-0.3, -0.25) is 0 Å². The van der Waals surface area contributed by atoms with Crippen molar-refractivity contribution in [2.45, 2.75) is 17.7 Å². The summed E-state index contributed by atoms with van der Waals surface area (Å²) in [5, 5.41) is -2.00. The molecule has 0 aromatic heterocycles. The maximum atomic E-state index is 12.7. The summed E-state index contributed by atoms with van der Waals surface area (Å²) in [6.07, 6.45) is -3.76. The minimum atomic E-state index is -4.21. The fourth-order valence-electron chi connectivity index (χ4n) is 0.955. The Balaban J connectivity index is 2.90. The Morgan fingerprint density at radius 1 is 1.07 bits per heavy atom. The molecule has 0 amide bonds. The lowest BCUT2D eigenvalue weighted by atomic mass is 10.1. The zero-order valence-electron chi connectivity index (χ0n) is 6.93. The molecule has 5 heteroatoms. The van der Waals surface area contributed by atoms with Crippen molar-refractivity contribution in [3.63, 3.8) is 0 Å². The summed E-state index contributed by atoms with van der Waals surface area (Å²) >= 11 is 5.26. The molecule has 14 heavy (non-hydrogen) atoms. The largest absolute Gasteiger partial charge is 0.327 e. The van der Waals surface area contributed by atoms with Gasteiger partial charge in [-0.2, -0.15) is 8.78 Å². The Bertz CT molecular complexity index is 286. The first-order valence-electron chi connectivity index (χ1n) is 3.81. The SMILES string of the molecule is FC(F)C(F)(F)C(Cl)c1ccccc1. The molecule has 0 saturated carbocycles. The Kier molecular flexibility index (Phi) is 3.37. The highest BCUT2D eigenvalue weighted by Gasteiger charge is 2.48. The summed E-state index contributed by atoms with van der Waals surface area (Å²) in [6, 6.07) is 7.09. The van der Waals surface area contributed by atoms with E-state index in [1.807, 2.05) is 0 Å². The zero-order chi connectivity index (χ0) is 10.8. The molecule has 1 aromatic rings. The van der Waals surface area contributed by atoms with Gasteiger partial charge in [-0.1, -0.05) is 30.3 Å². The van der Waals surface area contributed by atoms with Gasteiger partial charge >= 0.3 is 12.3 Å². The van der Waals surface area contributed by atoms with E-state index < -0.39 is 17.7 Å². The van der Waals surface area contributed by atoms with Crippen LogP contribution in [-0.4, -0.2) is 12.3 Å². The van der Waals surface area contributed by atoms with E-state index in [0.29, 0.717) is 0 Å². The zero-order valence-corrected chi connectivity index (χ0v) is 7.69. The summed E-state index contributed by atoms with van der Waals surface area (Å²) in [5.41, 5.74) is -0.0144. The molecule has 0 nitrogen and oxygen atoms in total. The molecule has 0 fully saturated rings. The molecule has 0 aliphatic heterocycles. The number of rotatable bonds is 3. The van der Waals surface area contributed by atoms with Crippen molar-refractivity contribution in [1.29, 1.82) is 0 Å². The van der Waals surface area contributed by atoms with E-state index in [4.69, 9.17) is 11.6 Å². The molecule has 0 aliphatic carbocycles. The molecule has 0 radical (unpaired) electrons. The molecule has 78 valence electrons. The van der Waals surface area contributed by atoms with Crippen LogP contribution >= 0.6 is 11.6 Å². The first-order chi connectivity index (χ1) is 6.46. The third-order valence-electron chi connectivity index (χ3n) is 1.72. The van der Waals surface area contributed by atoms with Gasteiger partial charge in [0.25, 0.3) is 0 Å². The Hall–Kier alpha value is -0.770. The average molecular weight is 227 g/mol. The van der Waals surface area contributed by atoms with Crippen molar-refractivity contribution in [2.75, 3.05) is 0 Å². The summed E-state index contributed by atoms with van der Waals surface area (Å²) in [6.45, 7) is 0. The number of halogens is 5. The second kappa shape index (κ2) is 4.17. The third-order valence-corrected chi connectivity index (χ3v) is 2.26. The van der Waals surface area contributed by atoms with Gasteiger partial charge in [-0.05, 0) is 5.56 Å². The average Bonchev–Trinajstić information content (AvgIpc) is 2.17. The normalized spacial score (nSPS) is 14.4. The first kappa shape index (κ1) is 11.3. The second-order valence-corrected chi connectivity index (χ2v) is 3.18. The molecule has 1 atom stereocenters. The highest BCUT2D eigenvalue weighted by atomic mass is 35.5. The van der Waals surface area contributed by atoms with Crippen molar-refractivity contribution in [1.82, 2.24) is 0 Å². The maximum Gasteiger partial charge on any atom is 0.327 e. The van der Waals surface area contributed by atoms with Crippen LogP contribution in [0.3, 0.4) is 0 Å². The van der Waals surface area contributed by atoms with Crippen LogP contribution in [-0.2, 0) is 0 Å². The highest BCUT2D eigenvalue weighted by Crippen LogP contribution is 2.40. The fourth-order valence-corrected chi connectivity index (χ4v) is 1.20. The van der Waals surface area contributed by atoms with Crippen LogP contribution in [0, 0.1) is 0 Å². The van der Waals surface area contributed by atoms with Gasteiger partial charge in [-0.25, -0.2) is 8.78 Å². The van der Waals surface area contributed by atoms with Gasteiger partial charge in [0.2, 0.25) is 0 Å². The number of hydrogen-bond donors (Lipinski definition) is 0. The van der Waals surface area contributed by atoms with Crippen LogP contribution in [0.5, 0.6) is 0 Å². The van der Waals surface area contributed by atoms with Gasteiger partial charge in [0.15, 0.2) is 0 Å². The van der Waals surface area contributed by atoms with Crippen LogP contribution in [0.1, 0.15) is 10.9 Å². The van der Waals surface area contributed by atoms with E-state index in [2.05, 4.69) is 0 Å². The minimum Gasteiger partial charge on any atom is -0.204 e. The van der Waals surface area contributed by atoms with Gasteiger partial charge in [0.05, 0.1) is 0 Å². The Labute approximate surface area is 83.5 Å². The molecular formula is C9H7ClF4. The number of hydrogen-bond acceptors (Lipinski definition) is 0. The standard InChI is InChI=1S/C9H7ClF4/c10-7(9(13,14)8(11)12)6-4-2-1-3-5-6/h1-5,7-8H. The van der Waals surface area contributed by atoms with Crippen LogP contribution in [0.2, 0.25) is 0 Å². The summed E-state index contributed by atoms with van der Waals surface area (Å²) in [5.74, 6) is -4.21. The number of alkyl halides is 5. The van der Waals surface area contributed by atoms with Gasteiger partial charge in [0, 0.05) is 0 Å². The Morgan fingerprint density at radius 2 is 1.57 bits per heavy atom. The van der Waals surface area contributed by atoms with E-state index >= 15 is 0 Å². The molecule has 1 unspecified atom stereocenters. The van der Waals surface area contributed by atoms with E-state index in [1.54, 1.807) is 6.07 Å². The molecule has 0 heterocycles. The lowest BCUT2D eigenvalue weighted by Crippen LogP contribution is -2.31. The smallest absolute Gasteiger partial charge is 0.204 e. The fraction of sp³-hybridized carbons (Fsp3) is 0.333. The molecule has 0 bridgehead atoms. The van der Waals surface area contributed by atoms with Crippen LogP contribution in [0.15, 0.2) is 30.3 Å².